The Morgan fingerprint density at radius 1 is 1.17 bits per heavy atom. The molecule has 2 aliphatic rings. The van der Waals surface area contributed by atoms with Crippen LogP contribution in [-0.4, -0.2) is 49.6 Å². The van der Waals surface area contributed by atoms with E-state index >= 15 is 0 Å². The molecule has 2 atom stereocenters. The highest BCUT2D eigenvalue weighted by atomic mass is 16.2. The Morgan fingerprint density at radius 2 is 2.00 bits per heavy atom. The number of anilines is 1. The zero-order valence-corrected chi connectivity index (χ0v) is 14.9. The number of carbonyl (C=O) groups excluding carboxylic acids is 1. The van der Waals surface area contributed by atoms with E-state index in [1.54, 1.807) is 0 Å². The molecule has 0 unspecified atom stereocenters. The van der Waals surface area contributed by atoms with Crippen LogP contribution in [0.3, 0.4) is 0 Å². The number of nitrogens with zero attached hydrogens (tertiary/aromatic N) is 2. The van der Waals surface area contributed by atoms with Crippen LogP contribution in [0.25, 0.3) is 0 Å². The van der Waals surface area contributed by atoms with Gasteiger partial charge in [-0.25, -0.2) is 0 Å². The van der Waals surface area contributed by atoms with Gasteiger partial charge >= 0.3 is 0 Å². The van der Waals surface area contributed by atoms with Gasteiger partial charge in [0.15, 0.2) is 0 Å². The fraction of sp³-hybridized carbons (Fsp3) is 0.650. The quantitative estimate of drug-likeness (QED) is 0.872. The third-order valence-corrected chi connectivity index (χ3v) is 5.40. The number of rotatable bonds is 6. The fourth-order valence-corrected chi connectivity index (χ4v) is 4.08. The first-order chi connectivity index (χ1) is 11.8. The summed E-state index contributed by atoms with van der Waals surface area (Å²) in [6.45, 7) is 7.28. The number of hydrogen-bond acceptors (Lipinski definition) is 3. The monoisotopic (exact) mass is 329 g/mol. The lowest BCUT2D eigenvalue weighted by atomic mass is 10.0. The molecule has 0 bridgehead atoms. The van der Waals surface area contributed by atoms with Crippen molar-refractivity contribution in [1.82, 2.24) is 10.2 Å². The molecule has 2 aliphatic heterocycles. The number of nitrogens with one attached hydrogen (secondary N) is 1. The van der Waals surface area contributed by atoms with Gasteiger partial charge in [0, 0.05) is 25.3 Å². The first-order valence-corrected chi connectivity index (χ1v) is 9.59. The van der Waals surface area contributed by atoms with Gasteiger partial charge in [0.05, 0.1) is 6.04 Å². The maximum atomic E-state index is 12.6. The zero-order valence-electron chi connectivity index (χ0n) is 14.9. The Morgan fingerprint density at radius 3 is 2.79 bits per heavy atom. The minimum Gasteiger partial charge on any atom is -0.371 e. The lowest BCUT2D eigenvalue weighted by molar-refractivity contribution is -0.127. The summed E-state index contributed by atoms with van der Waals surface area (Å²) in [4.78, 5) is 17.4. The molecular weight excluding hydrogens is 298 g/mol. The molecule has 24 heavy (non-hydrogen) atoms. The van der Waals surface area contributed by atoms with Gasteiger partial charge in [-0.1, -0.05) is 31.5 Å². The van der Waals surface area contributed by atoms with Crippen LogP contribution in [0.5, 0.6) is 0 Å². The van der Waals surface area contributed by atoms with Crippen molar-refractivity contribution in [3.05, 3.63) is 30.3 Å². The topological polar surface area (TPSA) is 35.6 Å². The Hall–Kier alpha value is -1.55. The van der Waals surface area contributed by atoms with Crippen LogP contribution in [0.2, 0.25) is 0 Å². The molecule has 3 rings (SSSR count). The number of likely N-dealkylation sites (tertiary alicyclic amines) is 1. The van der Waals surface area contributed by atoms with Gasteiger partial charge in [-0.2, -0.15) is 0 Å². The molecule has 0 spiro atoms. The molecule has 1 amide bonds. The van der Waals surface area contributed by atoms with E-state index in [1.807, 2.05) is 0 Å². The second-order valence-corrected chi connectivity index (χ2v) is 7.23. The minimum absolute atomic E-state index is 0.102. The standard InChI is InChI=1S/C20H31N3O/c1-2-12-22-13-7-6-10-19(22)20(24)21-15-17-11-14-23(16-17)18-8-4-3-5-9-18/h3-5,8-9,17,19H,2,6-7,10-16H2,1H3,(H,21,24)/t17-,19+/m1/s1. The first-order valence-electron chi connectivity index (χ1n) is 9.59. The molecule has 1 aromatic rings. The summed E-state index contributed by atoms with van der Waals surface area (Å²) < 4.78 is 0. The van der Waals surface area contributed by atoms with E-state index < -0.39 is 0 Å². The van der Waals surface area contributed by atoms with E-state index in [0.717, 1.165) is 45.6 Å². The second-order valence-electron chi connectivity index (χ2n) is 7.23. The number of carbonyl (C=O) groups is 1. The largest absolute Gasteiger partial charge is 0.371 e. The highest BCUT2D eigenvalue weighted by Gasteiger charge is 2.29. The average Bonchev–Trinajstić information content (AvgIpc) is 3.10. The van der Waals surface area contributed by atoms with Gasteiger partial charge in [-0.05, 0) is 56.8 Å². The van der Waals surface area contributed by atoms with Crippen molar-refractivity contribution < 1.29 is 4.79 Å². The van der Waals surface area contributed by atoms with E-state index in [9.17, 15) is 4.79 Å². The van der Waals surface area contributed by atoms with E-state index in [2.05, 4.69) is 52.4 Å². The van der Waals surface area contributed by atoms with Crippen LogP contribution in [-0.2, 0) is 4.79 Å². The molecule has 2 saturated heterocycles. The third kappa shape index (κ3) is 4.29. The Kier molecular flexibility index (Phi) is 6.13. The molecule has 1 aromatic carbocycles. The van der Waals surface area contributed by atoms with Gasteiger partial charge < -0.3 is 10.2 Å². The number of piperidine rings is 1. The Labute approximate surface area is 146 Å². The highest BCUT2D eigenvalue weighted by Crippen LogP contribution is 2.23. The van der Waals surface area contributed by atoms with Crippen molar-refractivity contribution in [3.8, 4) is 0 Å². The van der Waals surface area contributed by atoms with Crippen LogP contribution >= 0.6 is 0 Å². The SMILES string of the molecule is CCCN1CCCC[C@H]1C(=O)NC[C@H]1CCN(c2ccccc2)C1. The van der Waals surface area contributed by atoms with Gasteiger partial charge in [-0.3, -0.25) is 9.69 Å². The normalized spacial score (nSPS) is 25.0. The first kappa shape index (κ1) is 17.3. The van der Waals surface area contributed by atoms with Crippen molar-refractivity contribution in [2.75, 3.05) is 37.6 Å². The molecule has 2 fully saturated rings. The van der Waals surface area contributed by atoms with Gasteiger partial charge in [0.2, 0.25) is 5.91 Å². The summed E-state index contributed by atoms with van der Waals surface area (Å²) in [5.74, 6) is 0.818. The summed E-state index contributed by atoms with van der Waals surface area (Å²) in [5.41, 5.74) is 1.30. The molecule has 0 saturated carbocycles. The van der Waals surface area contributed by atoms with Gasteiger partial charge in [0.1, 0.15) is 0 Å². The van der Waals surface area contributed by atoms with E-state index in [4.69, 9.17) is 0 Å². The lowest BCUT2D eigenvalue weighted by Gasteiger charge is -2.34. The number of benzene rings is 1. The number of amides is 1. The Balaban J connectivity index is 1.46. The van der Waals surface area contributed by atoms with Crippen molar-refractivity contribution >= 4 is 11.6 Å². The molecular formula is C20H31N3O. The van der Waals surface area contributed by atoms with Crippen LogP contribution in [0.1, 0.15) is 39.0 Å². The lowest BCUT2D eigenvalue weighted by Crippen LogP contribution is -2.50. The zero-order chi connectivity index (χ0) is 16.8. The molecule has 132 valence electrons. The Bertz CT molecular complexity index is 517. The van der Waals surface area contributed by atoms with Crippen LogP contribution in [0.4, 0.5) is 5.69 Å². The molecule has 0 aliphatic carbocycles. The van der Waals surface area contributed by atoms with Crippen molar-refractivity contribution in [1.29, 1.82) is 0 Å². The van der Waals surface area contributed by atoms with Crippen molar-refractivity contribution in [2.24, 2.45) is 5.92 Å². The molecule has 0 radical (unpaired) electrons. The van der Waals surface area contributed by atoms with E-state index in [0.29, 0.717) is 5.92 Å². The molecule has 0 aromatic heterocycles. The van der Waals surface area contributed by atoms with Crippen LogP contribution < -0.4 is 10.2 Å². The number of hydrogen-bond donors (Lipinski definition) is 1. The van der Waals surface area contributed by atoms with E-state index in [1.165, 1.54) is 24.9 Å². The number of para-hydroxylation sites is 1. The van der Waals surface area contributed by atoms with Gasteiger partial charge in [0.25, 0.3) is 0 Å². The molecule has 2 heterocycles. The fourth-order valence-electron chi connectivity index (χ4n) is 4.08. The summed E-state index contributed by atoms with van der Waals surface area (Å²) in [7, 11) is 0. The maximum absolute atomic E-state index is 12.6. The second kappa shape index (κ2) is 8.52. The molecule has 4 nitrogen and oxygen atoms in total. The molecule has 1 N–H and O–H groups in total. The van der Waals surface area contributed by atoms with E-state index in [-0.39, 0.29) is 11.9 Å². The molecule has 4 heteroatoms. The van der Waals surface area contributed by atoms with Crippen molar-refractivity contribution in [2.45, 2.75) is 45.1 Å². The maximum Gasteiger partial charge on any atom is 0.237 e. The van der Waals surface area contributed by atoms with Crippen LogP contribution in [0, 0.1) is 5.92 Å². The van der Waals surface area contributed by atoms with Crippen LogP contribution in [0.15, 0.2) is 30.3 Å². The average molecular weight is 329 g/mol. The summed E-state index contributed by atoms with van der Waals surface area (Å²) in [6.07, 6.45) is 5.73. The van der Waals surface area contributed by atoms with Crippen molar-refractivity contribution in [3.63, 3.8) is 0 Å². The summed E-state index contributed by atoms with van der Waals surface area (Å²) in [5, 5.41) is 3.25. The highest BCUT2D eigenvalue weighted by molar-refractivity contribution is 5.81. The predicted molar refractivity (Wildman–Crippen MR) is 99.3 cm³/mol. The summed E-state index contributed by atoms with van der Waals surface area (Å²) in [6, 6.07) is 10.7. The third-order valence-electron chi connectivity index (χ3n) is 5.40. The smallest absolute Gasteiger partial charge is 0.237 e. The predicted octanol–water partition coefficient (Wildman–Crippen LogP) is 2.89. The summed E-state index contributed by atoms with van der Waals surface area (Å²) >= 11 is 0. The minimum atomic E-state index is 0.102. The van der Waals surface area contributed by atoms with Gasteiger partial charge in [-0.15, -0.1) is 0 Å².